The molecular weight excluding hydrogens is 330 g/mol. The number of hydrogen-bond acceptors (Lipinski definition) is 5. The number of anilines is 1. The lowest BCUT2D eigenvalue weighted by Gasteiger charge is -2.16. The molecule has 0 atom stereocenters. The number of benzene rings is 1. The number of fused-ring (bicyclic) bond motifs is 2. The molecule has 0 spiro atoms. The number of thiophene rings is 1. The summed E-state index contributed by atoms with van der Waals surface area (Å²) in [6.45, 7) is 4.73. The van der Waals surface area contributed by atoms with Gasteiger partial charge in [0.15, 0.2) is 11.5 Å². The molecule has 0 bridgehead atoms. The summed E-state index contributed by atoms with van der Waals surface area (Å²) in [5.74, 6) is 0.786. The van der Waals surface area contributed by atoms with Crippen molar-refractivity contribution in [2.75, 3.05) is 18.5 Å². The summed E-state index contributed by atoms with van der Waals surface area (Å²) in [7, 11) is 0. The van der Waals surface area contributed by atoms with Crippen molar-refractivity contribution in [3.05, 3.63) is 37.9 Å². The zero-order valence-corrected chi connectivity index (χ0v) is 13.9. The number of aromatic nitrogens is 2. The molecule has 124 valence electrons. The van der Waals surface area contributed by atoms with Crippen molar-refractivity contribution in [3.8, 4) is 11.5 Å². The lowest BCUT2D eigenvalue weighted by molar-refractivity contribution is 0.102. The van der Waals surface area contributed by atoms with Gasteiger partial charge in [0.2, 0.25) is 0 Å². The van der Waals surface area contributed by atoms with E-state index in [-0.39, 0.29) is 11.6 Å². The van der Waals surface area contributed by atoms with E-state index in [0.29, 0.717) is 46.3 Å². The highest BCUT2D eigenvalue weighted by atomic mass is 32.1. The van der Waals surface area contributed by atoms with Gasteiger partial charge in [-0.2, -0.15) is 0 Å². The minimum Gasteiger partial charge on any atom is -0.485 e. The van der Waals surface area contributed by atoms with E-state index >= 15 is 0 Å². The number of rotatable bonds is 2. The first-order valence-corrected chi connectivity index (χ1v) is 8.33. The average molecular weight is 345 g/mol. The Morgan fingerprint density at radius 3 is 2.88 bits per heavy atom. The highest BCUT2D eigenvalue weighted by Crippen LogP contribution is 2.40. The Morgan fingerprint density at radius 2 is 2.04 bits per heavy atom. The molecular formula is C16H15N3O4S. The summed E-state index contributed by atoms with van der Waals surface area (Å²) in [4.78, 5) is 30.2. The maximum atomic E-state index is 12.7. The van der Waals surface area contributed by atoms with E-state index in [4.69, 9.17) is 9.47 Å². The Hall–Kier alpha value is -2.74. The maximum absolute atomic E-state index is 12.7. The molecule has 0 saturated carbocycles. The van der Waals surface area contributed by atoms with E-state index in [9.17, 15) is 9.59 Å². The normalized spacial score (nSPS) is 13.2. The molecule has 1 aliphatic heterocycles. The minimum atomic E-state index is -0.310. The predicted molar refractivity (Wildman–Crippen MR) is 91.7 cm³/mol. The van der Waals surface area contributed by atoms with Crippen LogP contribution in [-0.4, -0.2) is 29.1 Å². The third-order valence-corrected chi connectivity index (χ3v) is 5.02. The quantitative estimate of drug-likeness (QED) is 0.665. The van der Waals surface area contributed by atoms with Crippen molar-refractivity contribution < 1.29 is 14.3 Å². The van der Waals surface area contributed by atoms with Crippen LogP contribution in [0.15, 0.2) is 16.2 Å². The van der Waals surface area contributed by atoms with Gasteiger partial charge in [0.25, 0.3) is 5.91 Å². The van der Waals surface area contributed by atoms with Crippen LogP contribution in [0.5, 0.6) is 11.5 Å². The number of hydrogen-bond donors (Lipinski definition) is 3. The fraction of sp³-hybridized carbons (Fsp3) is 0.250. The lowest BCUT2D eigenvalue weighted by atomic mass is 10.1. The zero-order chi connectivity index (χ0) is 16.8. The van der Waals surface area contributed by atoms with Crippen molar-refractivity contribution in [1.82, 2.24) is 9.97 Å². The highest BCUT2D eigenvalue weighted by Gasteiger charge is 2.24. The molecule has 3 heterocycles. The Labute approximate surface area is 140 Å². The smallest absolute Gasteiger partial charge is 0.323 e. The zero-order valence-electron chi connectivity index (χ0n) is 13.1. The van der Waals surface area contributed by atoms with Gasteiger partial charge in [0.05, 0.1) is 16.7 Å². The summed E-state index contributed by atoms with van der Waals surface area (Å²) >= 11 is 1.27. The van der Waals surface area contributed by atoms with Crippen molar-refractivity contribution in [2.24, 2.45) is 0 Å². The van der Waals surface area contributed by atoms with Gasteiger partial charge in [-0.3, -0.25) is 4.79 Å². The second kappa shape index (κ2) is 5.41. The maximum Gasteiger partial charge on any atom is 0.323 e. The first kappa shape index (κ1) is 14.8. The third kappa shape index (κ3) is 2.26. The van der Waals surface area contributed by atoms with Crippen LogP contribution in [0.3, 0.4) is 0 Å². The van der Waals surface area contributed by atoms with Crippen LogP contribution in [-0.2, 0) is 0 Å². The fourth-order valence-electron chi connectivity index (χ4n) is 2.76. The van der Waals surface area contributed by atoms with E-state index in [1.807, 2.05) is 19.9 Å². The predicted octanol–water partition coefficient (Wildman–Crippen LogP) is 2.56. The van der Waals surface area contributed by atoms with E-state index in [1.54, 1.807) is 5.38 Å². The summed E-state index contributed by atoms with van der Waals surface area (Å²) in [5.41, 5.74) is 3.39. The lowest BCUT2D eigenvalue weighted by Crippen LogP contribution is -2.18. The van der Waals surface area contributed by atoms with Gasteiger partial charge >= 0.3 is 5.69 Å². The molecule has 8 heteroatoms. The summed E-state index contributed by atoms with van der Waals surface area (Å²) in [5, 5.41) is 4.67. The van der Waals surface area contributed by atoms with Gasteiger partial charge in [0.1, 0.15) is 18.1 Å². The number of H-pyrrole nitrogens is 2. The van der Waals surface area contributed by atoms with Gasteiger partial charge < -0.3 is 24.8 Å². The molecule has 3 aromatic rings. The average Bonchev–Trinajstić information content (AvgIpc) is 3.14. The van der Waals surface area contributed by atoms with E-state index < -0.39 is 0 Å². The van der Waals surface area contributed by atoms with Gasteiger partial charge in [-0.15, -0.1) is 11.3 Å². The van der Waals surface area contributed by atoms with E-state index in [2.05, 4.69) is 15.3 Å². The molecule has 0 unspecified atom stereocenters. The van der Waals surface area contributed by atoms with Crippen molar-refractivity contribution in [1.29, 1.82) is 0 Å². The summed E-state index contributed by atoms with van der Waals surface area (Å²) < 4.78 is 11.0. The highest BCUT2D eigenvalue weighted by molar-refractivity contribution is 7.13. The van der Waals surface area contributed by atoms with Crippen LogP contribution < -0.4 is 20.5 Å². The summed E-state index contributed by atoms with van der Waals surface area (Å²) in [6.07, 6.45) is 0. The number of aryl methyl sites for hydroxylation is 1. The molecule has 0 fully saturated rings. The van der Waals surface area contributed by atoms with Crippen molar-refractivity contribution in [3.63, 3.8) is 0 Å². The number of aromatic amines is 2. The minimum absolute atomic E-state index is 0.288. The number of carbonyl (C=O) groups is 1. The van der Waals surface area contributed by atoms with Crippen LogP contribution in [0.2, 0.25) is 0 Å². The van der Waals surface area contributed by atoms with Crippen molar-refractivity contribution >= 4 is 34.0 Å². The molecule has 4 rings (SSSR count). The Morgan fingerprint density at radius 1 is 1.25 bits per heavy atom. The summed E-state index contributed by atoms with van der Waals surface area (Å²) in [6, 6.07) is 1.88. The van der Waals surface area contributed by atoms with Crippen LogP contribution in [0.25, 0.3) is 11.0 Å². The molecule has 1 aliphatic rings. The molecule has 3 N–H and O–H groups in total. The van der Waals surface area contributed by atoms with Crippen LogP contribution in [0, 0.1) is 13.8 Å². The molecule has 2 aromatic heterocycles. The topological polar surface area (TPSA) is 96.2 Å². The monoisotopic (exact) mass is 345 g/mol. The second-order valence-electron chi connectivity index (χ2n) is 5.60. The molecule has 24 heavy (non-hydrogen) atoms. The molecule has 0 aliphatic carbocycles. The van der Waals surface area contributed by atoms with Crippen LogP contribution in [0.4, 0.5) is 5.69 Å². The standard InChI is InChI=1S/C16H15N3O4S/c1-7-5-9-12(19-16(21)17-9)11(8(7)2)18-15(20)14-13-10(6-24-14)22-3-4-23-13/h5-6H,3-4H2,1-2H3,(H,18,20)(H2,17,19,21). The van der Waals surface area contributed by atoms with Crippen LogP contribution in [0.1, 0.15) is 20.8 Å². The largest absolute Gasteiger partial charge is 0.485 e. The van der Waals surface area contributed by atoms with E-state index in [1.165, 1.54) is 11.3 Å². The van der Waals surface area contributed by atoms with Crippen LogP contribution >= 0.6 is 11.3 Å². The number of ether oxygens (including phenoxy) is 2. The fourth-order valence-corrected chi connectivity index (χ4v) is 3.58. The first-order chi connectivity index (χ1) is 11.5. The second-order valence-corrected chi connectivity index (χ2v) is 6.48. The number of nitrogens with one attached hydrogen (secondary N) is 3. The Bertz CT molecular complexity index is 1010. The molecule has 1 amide bonds. The van der Waals surface area contributed by atoms with Gasteiger partial charge in [-0.25, -0.2) is 4.79 Å². The Kier molecular flexibility index (Phi) is 3.34. The molecule has 0 radical (unpaired) electrons. The third-order valence-electron chi connectivity index (χ3n) is 4.08. The SMILES string of the molecule is Cc1cc2[nH]c(=O)[nH]c2c(NC(=O)c2scc3c2OCCO3)c1C. The van der Waals surface area contributed by atoms with E-state index in [0.717, 1.165) is 11.1 Å². The van der Waals surface area contributed by atoms with Gasteiger partial charge in [-0.1, -0.05) is 0 Å². The van der Waals surface area contributed by atoms with Gasteiger partial charge in [-0.05, 0) is 31.0 Å². The Balaban J connectivity index is 1.77. The molecule has 1 aromatic carbocycles. The van der Waals surface area contributed by atoms with Crippen molar-refractivity contribution in [2.45, 2.75) is 13.8 Å². The first-order valence-electron chi connectivity index (χ1n) is 7.45. The van der Waals surface area contributed by atoms with Gasteiger partial charge in [0, 0.05) is 5.38 Å². The molecule has 7 nitrogen and oxygen atoms in total. The number of amides is 1. The number of carbonyl (C=O) groups excluding carboxylic acids is 1. The molecule has 0 saturated heterocycles. The number of imidazole rings is 1.